The second-order valence-corrected chi connectivity index (χ2v) is 20.9. The van der Waals surface area contributed by atoms with E-state index in [2.05, 4.69) is 228 Å². The molecule has 10 aromatic carbocycles. The summed E-state index contributed by atoms with van der Waals surface area (Å²) in [7, 11) is 0. The molecule has 0 saturated heterocycles. The maximum atomic E-state index is 12.5. The lowest BCUT2D eigenvalue weighted by atomic mass is 9.82. The van der Waals surface area contributed by atoms with Gasteiger partial charge in [-0.1, -0.05) is 153 Å². The molecule has 6 nitrogen and oxygen atoms in total. The van der Waals surface area contributed by atoms with Crippen LogP contribution in [0.2, 0.25) is 0 Å². The van der Waals surface area contributed by atoms with Crippen LogP contribution >= 0.6 is 0 Å². The Labute approximate surface area is 431 Å². The second-order valence-electron chi connectivity index (χ2n) is 20.9. The van der Waals surface area contributed by atoms with Gasteiger partial charge in [-0.2, -0.15) is 10.5 Å². The Morgan fingerprint density at radius 2 is 1.03 bits per heavy atom. The topological polar surface area (TPSA) is 75.5 Å². The Morgan fingerprint density at radius 1 is 0.453 bits per heavy atom. The number of rotatable bonds is 4. The summed E-state index contributed by atoms with van der Waals surface area (Å²) in [4.78, 5) is 0. The van der Waals surface area contributed by atoms with Gasteiger partial charge < -0.3 is 18.1 Å². The molecule has 0 saturated carbocycles. The monoisotopic (exact) mass is 957 g/mol. The number of furan rings is 1. The minimum absolute atomic E-state index is 0.241. The van der Waals surface area contributed by atoms with E-state index in [0.717, 1.165) is 128 Å². The summed E-state index contributed by atoms with van der Waals surface area (Å²) in [5.74, 6) is 0. The summed E-state index contributed by atoms with van der Waals surface area (Å²) in [6.07, 6.45) is 6.27. The van der Waals surface area contributed by atoms with E-state index in [0.29, 0.717) is 22.5 Å². The molecule has 4 aromatic heterocycles. The second kappa shape index (κ2) is 15.1. The number of hydrogen-bond donors (Lipinski definition) is 0. The molecule has 14 aromatic rings. The van der Waals surface area contributed by atoms with Crippen LogP contribution in [-0.4, -0.2) is 13.7 Å². The van der Waals surface area contributed by atoms with Crippen molar-refractivity contribution in [1.29, 1.82) is 10.5 Å². The number of benzene rings is 10. The number of para-hydroxylation sites is 4. The Kier molecular flexibility index (Phi) is 8.39. The normalized spacial score (nSPS) is 13.7. The van der Waals surface area contributed by atoms with Crippen LogP contribution in [0.25, 0.3) is 133 Å². The van der Waals surface area contributed by atoms with Crippen molar-refractivity contribution in [1.82, 2.24) is 13.7 Å². The number of nitriles is 2. The third-order valence-electron chi connectivity index (χ3n) is 16.8. The third-order valence-corrected chi connectivity index (χ3v) is 16.8. The van der Waals surface area contributed by atoms with Crippen LogP contribution < -0.4 is 0 Å². The lowest BCUT2D eigenvalue weighted by Crippen LogP contribution is -2.15. The first kappa shape index (κ1) is 41.7. The summed E-state index contributed by atoms with van der Waals surface area (Å²) >= 11 is 0. The molecule has 6 heteroatoms. The van der Waals surface area contributed by atoms with E-state index in [-0.39, 0.29) is 5.41 Å². The Hall–Kier alpha value is -9.88. The fourth-order valence-corrected chi connectivity index (χ4v) is 13.5. The van der Waals surface area contributed by atoms with E-state index in [1.807, 2.05) is 12.1 Å². The van der Waals surface area contributed by atoms with Gasteiger partial charge in [-0.15, -0.1) is 0 Å². The van der Waals surface area contributed by atoms with Crippen molar-refractivity contribution in [3.8, 4) is 51.5 Å². The fraction of sp³-hybridized carbons (Fsp3) is 0.0725. The highest BCUT2D eigenvalue weighted by Crippen LogP contribution is 2.54. The molecule has 0 unspecified atom stereocenters. The molecule has 0 amide bonds. The molecule has 0 bridgehead atoms. The summed E-state index contributed by atoms with van der Waals surface area (Å²) in [6.45, 7) is 4.61. The largest absolute Gasteiger partial charge is 0.456 e. The van der Waals surface area contributed by atoms with Crippen molar-refractivity contribution in [3.05, 3.63) is 228 Å². The average Bonchev–Trinajstić information content (AvgIpc) is 4.23. The molecular formula is C69H43N5O. The van der Waals surface area contributed by atoms with Crippen molar-refractivity contribution < 1.29 is 4.42 Å². The molecule has 0 spiro atoms. The van der Waals surface area contributed by atoms with Crippen molar-refractivity contribution in [2.75, 3.05) is 0 Å². The zero-order valence-corrected chi connectivity index (χ0v) is 41.1. The minimum atomic E-state index is -0.241. The van der Waals surface area contributed by atoms with Gasteiger partial charge in [0.15, 0.2) is 0 Å². The van der Waals surface area contributed by atoms with Crippen LogP contribution in [0.4, 0.5) is 0 Å². The van der Waals surface area contributed by atoms with Crippen LogP contribution in [0.3, 0.4) is 0 Å². The first-order valence-electron chi connectivity index (χ1n) is 25.8. The van der Waals surface area contributed by atoms with Crippen molar-refractivity contribution >= 4 is 93.3 Å². The zero-order chi connectivity index (χ0) is 49.8. The number of aromatic nitrogens is 3. The SMILES string of the molecule is CC1(C)c2ccccc2-c2cc(-c3c(-n4c5c(c6ccccc64)CCC=C5)c(C#N)c(-n4c5cc6ccccc6cc5c5cc6c(cc54)oc4ccccc46)c(C#N)c3-n3c4ccccc4c4ccccc43)ccc21. The highest BCUT2D eigenvalue weighted by molar-refractivity contribution is 6.20. The van der Waals surface area contributed by atoms with Crippen molar-refractivity contribution in [3.63, 3.8) is 0 Å². The Balaban J connectivity index is 1.18. The first-order valence-corrected chi connectivity index (χ1v) is 25.8. The van der Waals surface area contributed by atoms with E-state index in [1.165, 1.54) is 22.3 Å². The highest BCUT2D eigenvalue weighted by Gasteiger charge is 2.38. The standard InChI is InChI=1S/C69H43N5O/c1-69(2)55-25-11-5-19-43(55)49-34-42(31-32-56(49)69)65-67(72-57-26-12-6-20-44(57)45-21-7-13-27-58(45)72)53(38-70)66(54(39-71)68(65)73-59-28-14-8-22-46(59)47-23-9-15-29-60(47)73)74-61-35-41-18-4-3-17-40(41)33-50(61)51-36-52-48-24-10-16-30-63(48)75-64(52)37-62(51)74/h3-8,10-22,24-37H,9,23H2,1-2H3. The molecule has 4 heterocycles. The van der Waals surface area contributed by atoms with Gasteiger partial charge in [0.05, 0.1) is 44.6 Å². The Bertz CT molecular complexity index is 4960. The fourth-order valence-electron chi connectivity index (χ4n) is 13.5. The zero-order valence-electron chi connectivity index (χ0n) is 41.1. The summed E-state index contributed by atoms with van der Waals surface area (Å²) in [6, 6.07) is 72.6. The van der Waals surface area contributed by atoms with Gasteiger partial charge in [-0.05, 0) is 112 Å². The number of fused-ring (bicyclic) bond motifs is 16. The summed E-state index contributed by atoms with van der Waals surface area (Å²) in [5.41, 5.74) is 17.5. The number of hydrogen-bond acceptors (Lipinski definition) is 3. The predicted molar refractivity (Wildman–Crippen MR) is 307 cm³/mol. The van der Waals surface area contributed by atoms with Gasteiger partial charge in [-0.3, -0.25) is 0 Å². The minimum Gasteiger partial charge on any atom is -0.456 e. The van der Waals surface area contributed by atoms with Gasteiger partial charge in [-0.25, -0.2) is 0 Å². The molecule has 350 valence electrons. The van der Waals surface area contributed by atoms with Crippen molar-refractivity contribution in [2.24, 2.45) is 0 Å². The van der Waals surface area contributed by atoms with Crippen LogP contribution in [0.15, 0.2) is 199 Å². The molecule has 0 atom stereocenters. The quantitative estimate of drug-likeness (QED) is 0.176. The van der Waals surface area contributed by atoms with Crippen LogP contribution in [0.5, 0.6) is 0 Å². The molecule has 0 radical (unpaired) electrons. The molecule has 0 aliphatic heterocycles. The highest BCUT2D eigenvalue weighted by atomic mass is 16.3. The summed E-state index contributed by atoms with van der Waals surface area (Å²) in [5, 5.41) is 34.6. The van der Waals surface area contributed by atoms with Gasteiger partial charge in [0.25, 0.3) is 0 Å². The number of aryl methyl sites for hydroxylation is 1. The molecule has 16 rings (SSSR count). The summed E-state index contributed by atoms with van der Waals surface area (Å²) < 4.78 is 13.6. The smallest absolute Gasteiger partial charge is 0.137 e. The molecule has 0 N–H and O–H groups in total. The molecule has 75 heavy (non-hydrogen) atoms. The average molecular weight is 958 g/mol. The van der Waals surface area contributed by atoms with E-state index in [9.17, 15) is 10.5 Å². The number of allylic oxidation sites excluding steroid dienone is 1. The van der Waals surface area contributed by atoms with Gasteiger partial charge >= 0.3 is 0 Å². The molecule has 0 fully saturated rings. The van der Waals surface area contributed by atoms with Crippen LogP contribution in [-0.2, 0) is 11.8 Å². The molecule has 2 aliphatic carbocycles. The maximum absolute atomic E-state index is 12.5. The van der Waals surface area contributed by atoms with E-state index in [4.69, 9.17) is 4.42 Å². The lowest BCUT2D eigenvalue weighted by molar-refractivity contribution is 0.660. The first-order chi connectivity index (χ1) is 36.9. The van der Waals surface area contributed by atoms with E-state index >= 15 is 0 Å². The van der Waals surface area contributed by atoms with Crippen LogP contribution in [0, 0.1) is 22.7 Å². The van der Waals surface area contributed by atoms with Gasteiger partial charge in [0, 0.05) is 60.4 Å². The van der Waals surface area contributed by atoms with Crippen molar-refractivity contribution in [2.45, 2.75) is 32.1 Å². The van der Waals surface area contributed by atoms with Gasteiger partial charge in [0.2, 0.25) is 0 Å². The van der Waals surface area contributed by atoms with E-state index in [1.54, 1.807) is 0 Å². The maximum Gasteiger partial charge on any atom is 0.137 e. The van der Waals surface area contributed by atoms with Crippen LogP contribution in [0.1, 0.15) is 53.8 Å². The third kappa shape index (κ3) is 5.50. The Morgan fingerprint density at radius 3 is 1.77 bits per heavy atom. The van der Waals surface area contributed by atoms with E-state index < -0.39 is 0 Å². The molecular weight excluding hydrogens is 915 g/mol. The predicted octanol–water partition coefficient (Wildman–Crippen LogP) is 17.6. The lowest BCUT2D eigenvalue weighted by Gasteiger charge is -2.27. The van der Waals surface area contributed by atoms with Gasteiger partial charge in [0.1, 0.15) is 34.4 Å². The molecule has 2 aliphatic rings. The number of nitrogens with zero attached hydrogens (tertiary/aromatic N) is 5.